The first-order chi connectivity index (χ1) is 10.1. The number of nitrogens with zero attached hydrogens (tertiary/aromatic N) is 2. The Morgan fingerprint density at radius 1 is 1.24 bits per heavy atom. The summed E-state index contributed by atoms with van der Waals surface area (Å²) >= 11 is 1.21. The van der Waals surface area contributed by atoms with Gasteiger partial charge in [0, 0.05) is 6.07 Å². The second kappa shape index (κ2) is 6.66. The smallest absolute Gasteiger partial charge is 0.340 e. The molecule has 0 spiro atoms. The molecule has 0 saturated heterocycles. The highest BCUT2D eigenvalue weighted by atomic mass is 32.1. The van der Waals surface area contributed by atoms with Crippen molar-refractivity contribution in [2.24, 2.45) is 0 Å². The third kappa shape index (κ3) is 3.66. The largest absolute Gasteiger partial charge is 0.481 e. The van der Waals surface area contributed by atoms with Gasteiger partial charge in [0.05, 0.1) is 19.8 Å². The topological polar surface area (TPSA) is 102 Å². The van der Waals surface area contributed by atoms with Crippen LogP contribution in [0.5, 0.6) is 5.88 Å². The van der Waals surface area contributed by atoms with Gasteiger partial charge in [0.1, 0.15) is 17.1 Å². The van der Waals surface area contributed by atoms with E-state index in [-0.39, 0.29) is 11.4 Å². The standard InChI is InChI=1S/C12H12N4O4S/c1-19-9-5-8(13-6-14-9)15-12(18)16-10-7(3-4-21-10)11(17)20-2/h3-6H,1-2H3,(H2,13,14,15,16,18). The van der Waals surface area contributed by atoms with E-state index in [1.165, 1.54) is 38.0 Å². The highest BCUT2D eigenvalue weighted by molar-refractivity contribution is 7.14. The van der Waals surface area contributed by atoms with Crippen LogP contribution < -0.4 is 15.4 Å². The third-order valence-electron chi connectivity index (χ3n) is 2.39. The lowest BCUT2D eigenvalue weighted by Gasteiger charge is -2.07. The Hall–Kier alpha value is -2.68. The van der Waals surface area contributed by atoms with Crippen LogP contribution in [0.3, 0.4) is 0 Å². The van der Waals surface area contributed by atoms with Gasteiger partial charge in [0.2, 0.25) is 5.88 Å². The molecule has 0 unspecified atom stereocenters. The summed E-state index contributed by atoms with van der Waals surface area (Å²) in [4.78, 5) is 31.1. The molecule has 0 fully saturated rings. The van der Waals surface area contributed by atoms with Crippen LogP contribution in [0, 0.1) is 0 Å². The molecule has 0 aliphatic carbocycles. The molecule has 0 saturated carbocycles. The SMILES string of the molecule is COC(=O)c1ccsc1NC(=O)Nc1cc(OC)ncn1. The fourth-order valence-corrected chi connectivity index (χ4v) is 2.22. The van der Waals surface area contributed by atoms with Crippen molar-refractivity contribution in [3.05, 3.63) is 29.4 Å². The molecule has 2 N–H and O–H groups in total. The lowest BCUT2D eigenvalue weighted by Crippen LogP contribution is -2.21. The van der Waals surface area contributed by atoms with Gasteiger partial charge in [-0.2, -0.15) is 0 Å². The first-order valence-corrected chi connectivity index (χ1v) is 6.62. The summed E-state index contributed by atoms with van der Waals surface area (Å²) in [5.74, 6) is 0.0810. The number of hydrogen-bond acceptors (Lipinski definition) is 7. The maximum atomic E-state index is 11.9. The summed E-state index contributed by atoms with van der Waals surface area (Å²) in [5, 5.41) is 7.14. The van der Waals surface area contributed by atoms with Gasteiger partial charge >= 0.3 is 12.0 Å². The minimum Gasteiger partial charge on any atom is -0.481 e. The molecule has 0 aliphatic heterocycles. The molecule has 21 heavy (non-hydrogen) atoms. The van der Waals surface area contributed by atoms with E-state index in [0.29, 0.717) is 10.9 Å². The van der Waals surface area contributed by atoms with E-state index in [9.17, 15) is 9.59 Å². The molecule has 0 bridgehead atoms. The van der Waals surface area contributed by atoms with Gasteiger partial charge in [-0.25, -0.2) is 19.6 Å². The van der Waals surface area contributed by atoms with E-state index in [0.717, 1.165) is 0 Å². The van der Waals surface area contributed by atoms with Gasteiger partial charge in [-0.15, -0.1) is 11.3 Å². The number of methoxy groups -OCH3 is 2. The predicted molar refractivity (Wildman–Crippen MR) is 76.9 cm³/mol. The van der Waals surface area contributed by atoms with Crippen LogP contribution in [0.25, 0.3) is 0 Å². The maximum absolute atomic E-state index is 11.9. The van der Waals surface area contributed by atoms with Crippen molar-refractivity contribution in [1.29, 1.82) is 0 Å². The van der Waals surface area contributed by atoms with Gasteiger partial charge in [-0.05, 0) is 11.4 Å². The monoisotopic (exact) mass is 308 g/mol. The molecule has 9 heteroatoms. The summed E-state index contributed by atoms with van der Waals surface area (Å²) in [5.41, 5.74) is 0.290. The van der Waals surface area contributed by atoms with Crippen molar-refractivity contribution < 1.29 is 19.1 Å². The quantitative estimate of drug-likeness (QED) is 0.837. The lowest BCUT2D eigenvalue weighted by molar-refractivity contribution is 0.0602. The van der Waals surface area contributed by atoms with Crippen LogP contribution in [0.1, 0.15) is 10.4 Å². The minimum absolute atomic E-state index is 0.274. The van der Waals surface area contributed by atoms with Crippen LogP contribution in [-0.2, 0) is 4.74 Å². The van der Waals surface area contributed by atoms with Gasteiger partial charge < -0.3 is 9.47 Å². The number of aromatic nitrogens is 2. The summed E-state index contributed by atoms with van der Waals surface area (Å²) in [6.45, 7) is 0. The van der Waals surface area contributed by atoms with Crippen molar-refractivity contribution in [3.8, 4) is 5.88 Å². The number of carbonyl (C=O) groups is 2. The molecule has 8 nitrogen and oxygen atoms in total. The Kier molecular flexibility index (Phi) is 4.67. The van der Waals surface area contributed by atoms with E-state index in [1.807, 2.05) is 0 Å². The third-order valence-corrected chi connectivity index (χ3v) is 3.22. The van der Waals surface area contributed by atoms with E-state index >= 15 is 0 Å². The van der Waals surface area contributed by atoms with Gasteiger partial charge in [0.15, 0.2) is 0 Å². The summed E-state index contributed by atoms with van der Waals surface area (Å²) in [7, 11) is 2.73. The van der Waals surface area contributed by atoms with E-state index in [4.69, 9.17) is 4.74 Å². The minimum atomic E-state index is -0.539. The normalized spacial score (nSPS) is 9.81. The maximum Gasteiger partial charge on any atom is 0.340 e. The second-order valence-electron chi connectivity index (χ2n) is 3.68. The van der Waals surface area contributed by atoms with Crippen LogP contribution in [-0.4, -0.2) is 36.2 Å². The average Bonchev–Trinajstić information content (AvgIpc) is 2.94. The Morgan fingerprint density at radius 2 is 2.05 bits per heavy atom. The number of nitrogens with one attached hydrogen (secondary N) is 2. The van der Waals surface area contributed by atoms with Gasteiger partial charge in [-0.3, -0.25) is 10.6 Å². The second-order valence-corrected chi connectivity index (χ2v) is 4.60. The van der Waals surface area contributed by atoms with E-state index in [1.54, 1.807) is 11.4 Å². The van der Waals surface area contributed by atoms with Crippen LogP contribution >= 0.6 is 11.3 Å². The zero-order valence-electron chi connectivity index (χ0n) is 11.2. The number of anilines is 2. The molecule has 0 atom stereocenters. The molecule has 2 rings (SSSR count). The summed E-state index contributed by atoms with van der Waals surface area (Å²) in [6, 6.07) is 2.50. The number of rotatable bonds is 4. The van der Waals surface area contributed by atoms with E-state index in [2.05, 4.69) is 25.3 Å². The molecular weight excluding hydrogens is 296 g/mol. The zero-order valence-corrected chi connectivity index (χ0v) is 12.1. The first-order valence-electron chi connectivity index (χ1n) is 5.74. The Labute approximate surface area is 124 Å². The summed E-state index contributed by atoms with van der Waals surface area (Å²) in [6.07, 6.45) is 1.26. The Morgan fingerprint density at radius 3 is 2.76 bits per heavy atom. The number of hydrogen-bond donors (Lipinski definition) is 2. The highest BCUT2D eigenvalue weighted by Crippen LogP contribution is 2.24. The van der Waals surface area contributed by atoms with Crippen LogP contribution in [0.4, 0.5) is 15.6 Å². The Balaban J connectivity index is 2.05. The van der Waals surface area contributed by atoms with E-state index < -0.39 is 12.0 Å². The predicted octanol–water partition coefficient (Wildman–Crippen LogP) is 1.98. The molecule has 2 aromatic heterocycles. The van der Waals surface area contributed by atoms with Crippen LogP contribution in [0.2, 0.25) is 0 Å². The molecule has 2 aromatic rings. The highest BCUT2D eigenvalue weighted by Gasteiger charge is 2.15. The van der Waals surface area contributed by atoms with Crippen molar-refractivity contribution in [1.82, 2.24) is 9.97 Å². The summed E-state index contributed by atoms with van der Waals surface area (Å²) < 4.78 is 9.55. The number of esters is 1. The van der Waals surface area contributed by atoms with Crippen molar-refractivity contribution in [3.63, 3.8) is 0 Å². The molecule has 0 radical (unpaired) electrons. The molecule has 0 aliphatic rings. The fraction of sp³-hybridized carbons (Fsp3) is 0.167. The van der Waals surface area contributed by atoms with Crippen LogP contribution in [0.15, 0.2) is 23.8 Å². The van der Waals surface area contributed by atoms with Crippen molar-refractivity contribution in [2.45, 2.75) is 0 Å². The zero-order chi connectivity index (χ0) is 15.2. The molecular formula is C12H12N4O4S. The Bertz CT molecular complexity index is 658. The molecule has 2 amide bonds. The van der Waals surface area contributed by atoms with Gasteiger partial charge in [0.25, 0.3) is 0 Å². The van der Waals surface area contributed by atoms with Crippen molar-refractivity contribution >= 4 is 34.2 Å². The number of amides is 2. The number of urea groups is 1. The average molecular weight is 308 g/mol. The number of carbonyl (C=O) groups excluding carboxylic acids is 2. The molecule has 2 heterocycles. The number of ether oxygens (including phenoxy) is 2. The number of thiophene rings is 1. The molecule has 110 valence electrons. The van der Waals surface area contributed by atoms with Gasteiger partial charge in [-0.1, -0.05) is 0 Å². The lowest BCUT2D eigenvalue weighted by atomic mass is 10.3. The molecule has 0 aromatic carbocycles. The fourth-order valence-electron chi connectivity index (χ4n) is 1.45. The van der Waals surface area contributed by atoms with Crippen molar-refractivity contribution in [2.75, 3.05) is 24.9 Å². The first kappa shape index (κ1) is 14.7.